The van der Waals surface area contributed by atoms with Crippen LogP contribution in [0.2, 0.25) is 0 Å². The number of rotatable bonds is 3. The molecular weight excluding hydrogens is 210 g/mol. The second-order valence-corrected chi connectivity index (χ2v) is 4.48. The van der Waals surface area contributed by atoms with E-state index in [-0.39, 0.29) is 0 Å². The first-order valence-corrected chi connectivity index (χ1v) is 5.99. The summed E-state index contributed by atoms with van der Waals surface area (Å²) in [5.74, 6) is 1.48. The zero-order valence-electron chi connectivity index (χ0n) is 9.63. The molecule has 17 heavy (non-hydrogen) atoms. The van der Waals surface area contributed by atoms with Gasteiger partial charge in [-0.15, -0.1) is 0 Å². The fourth-order valence-corrected chi connectivity index (χ4v) is 2.02. The molecule has 0 unspecified atom stereocenters. The molecule has 1 saturated carbocycles. The summed E-state index contributed by atoms with van der Waals surface area (Å²) in [7, 11) is 0. The molecule has 0 atom stereocenters. The van der Waals surface area contributed by atoms with Gasteiger partial charge in [-0.1, -0.05) is 24.3 Å². The summed E-state index contributed by atoms with van der Waals surface area (Å²) in [4.78, 5) is 8.90. The molecule has 0 bridgehead atoms. The van der Waals surface area contributed by atoms with Crippen molar-refractivity contribution in [3.05, 3.63) is 47.8 Å². The topological polar surface area (TPSA) is 51.8 Å². The number of hydrogen-bond donors (Lipinski definition) is 1. The van der Waals surface area contributed by atoms with Crippen LogP contribution in [0.15, 0.2) is 36.7 Å². The van der Waals surface area contributed by atoms with Crippen LogP contribution in [-0.2, 0) is 6.54 Å². The highest BCUT2D eigenvalue weighted by atomic mass is 14.9. The first-order chi connectivity index (χ1) is 8.38. The van der Waals surface area contributed by atoms with Crippen molar-refractivity contribution < 1.29 is 0 Å². The third kappa shape index (κ3) is 2.06. The molecule has 1 heterocycles. The van der Waals surface area contributed by atoms with Crippen LogP contribution in [0.3, 0.4) is 0 Å². The van der Waals surface area contributed by atoms with E-state index in [1.165, 1.54) is 18.4 Å². The normalized spacial score (nSPS) is 14.9. The van der Waals surface area contributed by atoms with Crippen molar-refractivity contribution in [3.63, 3.8) is 0 Å². The molecular formula is C14H15N3. The van der Waals surface area contributed by atoms with E-state index >= 15 is 0 Å². The Morgan fingerprint density at radius 1 is 1.12 bits per heavy atom. The van der Waals surface area contributed by atoms with Crippen LogP contribution in [0, 0.1) is 0 Å². The smallest absolute Gasteiger partial charge is 0.159 e. The molecule has 1 aromatic carbocycles. The fourth-order valence-electron chi connectivity index (χ4n) is 2.02. The van der Waals surface area contributed by atoms with Gasteiger partial charge in [0.2, 0.25) is 0 Å². The zero-order valence-corrected chi connectivity index (χ0v) is 9.63. The Balaban J connectivity index is 1.96. The predicted octanol–water partition coefficient (Wildman–Crippen LogP) is 2.48. The molecule has 1 aliphatic carbocycles. The molecule has 1 aromatic heterocycles. The van der Waals surface area contributed by atoms with Crippen molar-refractivity contribution >= 4 is 0 Å². The van der Waals surface area contributed by atoms with Crippen molar-refractivity contribution in [2.24, 2.45) is 5.73 Å². The molecule has 0 spiro atoms. The van der Waals surface area contributed by atoms with Crippen LogP contribution in [-0.4, -0.2) is 9.97 Å². The molecule has 1 aliphatic rings. The average molecular weight is 225 g/mol. The first-order valence-electron chi connectivity index (χ1n) is 5.99. The lowest BCUT2D eigenvalue weighted by Gasteiger charge is -2.06. The minimum atomic E-state index is 0.518. The van der Waals surface area contributed by atoms with Crippen molar-refractivity contribution in [1.29, 1.82) is 0 Å². The highest BCUT2D eigenvalue weighted by molar-refractivity contribution is 5.59. The number of aromatic nitrogens is 2. The Kier molecular flexibility index (Phi) is 2.61. The number of benzene rings is 1. The summed E-state index contributed by atoms with van der Waals surface area (Å²) < 4.78 is 0. The third-order valence-corrected chi connectivity index (χ3v) is 3.20. The molecule has 86 valence electrons. The van der Waals surface area contributed by atoms with Gasteiger partial charge in [0.15, 0.2) is 5.82 Å². The standard InChI is InChI=1S/C14H15N3/c15-7-11-3-1-2-4-13(11)14-16-8-12(9-17-14)10-5-6-10/h1-4,8-10H,5-7,15H2. The van der Waals surface area contributed by atoms with Crippen molar-refractivity contribution in [3.8, 4) is 11.4 Å². The Morgan fingerprint density at radius 2 is 1.82 bits per heavy atom. The molecule has 0 amide bonds. The molecule has 1 fully saturated rings. The average Bonchev–Trinajstić information content (AvgIpc) is 3.23. The first kappa shape index (κ1) is 10.4. The summed E-state index contributed by atoms with van der Waals surface area (Å²) in [5, 5.41) is 0. The van der Waals surface area contributed by atoms with Crippen LogP contribution in [0.4, 0.5) is 0 Å². The highest BCUT2D eigenvalue weighted by Crippen LogP contribution is 2.39. The Bertz CT molecular complexity index is 515. The minimum absolute atomic E-state index is 0.518. The van der Waals surface area contributed by atoms with Gasteiger partial charge in [0.25, 0.3) is 0 Å². The van der Waals surface area contributed by atoms with E-state index in [1.807, 2.05) is 36.7 Å². The summed E-state index contributed by atoms with van der Waals surface area (Å²) >= 11 is 0. The van der Waals surface area contributed by atoms with Gasteiger partial charge >= 0.3 is 0 Å². The number of hydrogen-bond acceptors (Lipinski definition) is 3. The second kappa shape index (κ2) is 4.26. The van der Waals surface area contributed by atoms with E-state index in [0.717, 1.165) is 17.0 Å². The lowest BCUT2D eigenvalue weighted by molar-refractivity contribution is 1.02. The van der Waals surface area contributed by atoms with E-state index in [4.69, 9.17) is 5.73 Å². The summed E-state index contributed by atoms with van der Waals surface area (Å²) in [6.07, 6.45) is 6.46. The van der Waals surface area contributed by atoms with Gasteiger partial charge in [-0.25, -0.2) is 9.97 Å². The van der Waals surface area contributed by atoms with Crippen LogP contribution in [0.25, 0.3) is 11.4 Å². The summed E-state index contributed by atoms with van der Waals surface area (Å²) in [6.45, 7) is 0.518. The number of nitrogens with zero attached hydrogens (tertiary/aromatic N) is 2. The Hall–Kier alpha value is -1.74. The van der Waals surface area contributed by atoms with E-state index in [1.54, 1.807) is 0 Å². The van der Waals surface area contributed by atoms with Crippen molar-refractivity contribution in [1.82, 2.24) is 9.97 Å². The summed E-state index contributed by atoms with van der Waals surface area (Å²) in [6, 6.07) is 8.03. The largest absolute Gasteiger partial charge is 0.326 e. The van der Waals surface area contributed by atoms with Gasteiger partial charge < -0.3 is 5.73 Å². The van der Waals surface area contributed by atoms with Gasteiger partial charge in [-0.3, -0.25) is 0 Å². The van der Waals surface area contributed by atoms with Crippen LogP contribution < -0.4 is 5.73 Å². The second-order valence-electron chi connectivity index (χ2n) is 4.48. The monoisotopic (exact) mass is 225 g/mol. The molecule has 2 N–H and O–H groups in total. The third-order valence-electron chi connectivity index (χ3n) is 3.20. The Labute approximate surface area is 101 Å². The van der Waals surface area contributed by atoms with Crippen molar-refractivity contribution in [2.75, 3.05) is 0 Å². The highest BCUT2D eigenvalue weighted by Gasteiger charge is 2.24. The van der Waals surface area contributed by atoms with Crippen LogP contribution in [0.1, 0.15) is 29.9 Å². The molecule has 2 aromatic rings. The van der Waals surface area contributed by atoms with E-state index in [2.05, 4.69) is 9.97 Å². The van der Waals surface area contributed by atoms with Gasteiger partial charge in [-0.2, -0.15) is 0 Å². The molecule has 3 nitrogen and oxygen atoms in total. The van der Waals surface area contributed by atoms with E-state index in [0.29, 0.717) is 12.5 Å². The molecule has 0 aliphatic heterocycles. The molecule has 3 heteroatoms. The predicted molar refractivity (Wildman–Crippen MR) is 67.3 cm³/mol. The lowest BCUT2D eigenvalue weighted by atomic mass is 10.1. The van der Waals surface area contributed by atoms with Crippen molar-refractivity contribution in [2.45, 2.75) is 25.3 Å². The van der Waals surface area contributed by atoms with Crippen LogP contribution >= 0.6 is 0 Å². The lowest BCUT2D eigenvalue weighted by Crippen LogP contribution is -2.00. The maximum absolute atomic E-state index is 5.72. The minimum Gasteiger partial charge on any atom is -0.326 e. The number of nitrogens with two attached hydrogens (primary N) is 1. The van der Waals surface area contributed by atoms with Gasteiger partial charge in [-0.05, 0) is 29.9 Å². The zero-order chi connectivity index (χ0) is 11.7. The SMILES string of the molecule is NCc1ccccc1-c1ncc(C2CC2)cn1. The van der Waals surface area contributed by atoms with E-state index in [9.17, 15) is 0 Å². The summed E-state index contributed by atoms with van der Waals surface area (Å²) in [5.41, 5.74) is 9.11. The van der Waals surface area contributed by atoms with Gasteiger partial charge in [0, 0.05) is 24.5 Å². The maximum Gasteiger partial charge on any atom is 0.159 e. The quantitative estimate of drug-likeness (QED) is 0.873. The van der Waals surface area contributed by atoms with Gasteiger partial charge in [0.1, 0.15) is 0 Å². The molecule has 0 radical (unpaired) electrons. The van der Waals surface area contributed by atoms with E-state index < -0.39 is 0 Å². The fraction of sp³-hybridized carbons (Fsp3) is 0.286. The van der Waals surface area contributed by atoms with Crippen LogP contribution in [0.5, 0.6) is 0 Å². The van der Waals surface area contributed by atoms with Gasteiger partial charge in [0.05, 0.1) is 0 Å². The Morgan fingerprint density at radius 3 is 2.47 bits per heavy atom. The molecule has 3 rings (SSSR count). The molecule has 0 saturated heterocycles. The maximum atomic E-state index is 5.72.